The van der Waals surface area contributed by atoms with E-state index in [2.05, 4.69) is 10.3 Å². The van der Waals surface area contributed by atoms with E-state index in [1.807, 2.05) is 24.4 Å². The number of aromatic nitrogens is 2. The molecule has 0 radical (unpaired) electrons. The van der Waals surface area contributed by atoms with Crippen molar-refractivity contribution in [3.8, 4) is 11.3 Å². The van der Waals surface area contributed by atoms with Gasteiger partial charge in [-0.15, -0.1) is 0 Å². The van der Waals surface area contributed by atoms with Crippen LogP contribution < -0.4 is 5.32 Å². The number of imidazole rings is 1. The lowest BCUT2D eigenvalue weighted by molar-refractivity contribution is 0.102. The van der Waals surface area contributed by atoms with Crippen LogP contribution in [-0.2, 0) is 0 Å². The van der Waals surface area contributed by atoms with E-state index < -0.39 is 11.7 Å². The number of benzene rings is 1. The van der Waals surface area contributed by atoms with Crippen molar-refractivity contribution in [1.29, 1.82) is 0 Å². The van der Waals surface area contributed by atoms with E-state index >= 15 is 0 Å². The van der Waals surface area contributed by atoms with E-state index in [-0.39, 0.29) is 5.69 Å². The second kappa shape index (κ2) is 5.66. The molecule has 0 aliphatic rings. The largest absolute Gasteiger partial charge is 0.464 e. The molecule has 0 fully saturated rings. The van der Waals surface area contributed by atoms with Crippen molar-refractivity contribution < 1.29 is 13.6 Å². The van der Waals surface area contributed by atoms with Gasteiger partial charge in [0.15, 0.2) is 0 Å². The maximum absolute atomic E-state index is 13.2. The van der Waals surface area contributed by atoms with E-state index in [4.69, 9.17) is 4.42 Å². The Morgan fingerprint density at radius 2 is 2.04 bits per heavy atom. The average Bonchev–Trinajstić information content (AvgIpc) is 3.23. The number of fused-ring (bicyclic) bond motifs is 1. The van der Waals surface area contributed by atoms with E-state index in [0.29, 0.717) is 11.3 Å². The fourth-order valence-electron chi connectivity index (χ4n) is 2.45. The van der Waals surface area contributed by atoms with Crippen LogP contribution in [0.1, 0.15) is 10.5 Å². The first-order chi connectivity index (χ1) is 11.7. The molecule has 0 atom stereocenters. The summed E-state index contributed by atoms with van der Waals surface area (Å²) in [5.74, 6) is -0.0777. The standard InChI is InChI=1S/C18H12FN3O2/c19-13-3-1-4-14(9-13)20-18(23)15-11-22-10-12(6-7-17(22)21-15)16-5-2-8-24-16/h1-11H,(H,20,23). The maximum Gasteiger partial charge on any atom is 0.275 e. The minimum atomic E-state index is -0.411. The quantitative estimate of drug-likeness (QED) is 0.621. The number of furan rings is 1. The smallest absolute Gasteiger partial charge is 0.275 e. The van der Waals surface area contributed by atoms with Crippen LogP contribution in [0.3, 0.4) is 0 Å². The number of halogens is 1. The van der Waals surface area contributed by atoms with Gasteiger partial charge in [0.2, 0.25) is 0 Å². The molecule has 0 aliphatic heterocycles. The van der Waals surface area contributed by atoms with Gasteiger partial charge in [0.25, 0.3) is 5.91 Å². The van der Waals surface area contributed by atoms with Crippen molar-refractivity contribution >= 4 is 17.2 Å². The molecule has 1 N–H and O–H groups in total. The Labute approximate surface area is 136 Å². The second-order valence-corrected chi connectivity index (χ2v) is 5.25. The first-order valence-corrected chi connectivity index (χ1v) is 7.28. The molecule has 0 spiro atoms. The lowest BCUT2D eigenvalue weighted by Gasteiger charge is -2.02. The van der Waals surface area contributed by atoms with Gasteiger partial charge in [-0.05, 0) is 42.5 Å². The van der Waals surface area contributed by atoms with Gasteiger partial charge in [-0.2, -0.15) is 0 Å². The fourth-order valence-corrected chi connectivity index (χ4v) is 2.45. The Morgan fingerprint density at radius 1 is 1.12 bits per heavy atom. The summed E-state index contributed by atoms with van der Waals surface area (Å²) >= 11 is 0. The topological polar surface area (TPSA) is 59.5 Å². The van der Waals surface area contributed by atoms with Gasteiger partial charge < -0.3 is 14.1 Å². The summed E-state index contributed by atoms with van der Waals surface area (Å²) in [6.07, 6.45) is 5.06. The normalized spacial score (nSPS) is 10.9. The minimum absolute atomic E-state index is 0.246. The maximum atomic E-state index is 13.2. The van der Waals surface area contributed by atoms with Gasteiger partial charge in [-0.1, -0.05) is 6.07 Å². The minimum Gasteiger partial charge on any atom is -0.464 e. The Balaban J connectivity index is 1.63. The predicted octanol–water partition coefficient (Wildman–Crippen LogP) is 3.99. The molecule has 6 heteroatoms. The zero-order chi connectivity index (χ0) is 16.5. The van der Waals surface area contributed by atoms with Gasteiger partial charge in [0, 0.05) is 23.6 Å². The van der Waals surface area contributed by atoms with E-state index in [1.165, 1.54) is 18.2 Å². The van der Waals surface area contributed by atoms with Crippen LogP contribution >= 0.6 is 0 Å². The second-order valence-electron chi connectivity index (χ2n) is 5.25. The highest BCUT2D eigenvalue weighted by molar-refractivity contribution is 6.03. The van der Waals surface area contributed by atoms with Crippen LogP contribution in [-0.4, -0.2) is 15.3 Å². The molecule has 4 rings (SSSR count). The molecule has 0 saturated carbocycles. The number of carbonyl (C=O) groups is 1. The lowest BCUT2D eigenvalue weighted by Crippen LogP contribution is -2.12. The zero-order valence-corrected chi connectivity index (χ0v) is 12.4. The third-order valence-electron chi connectivity index (χ3n) is 3.57. The zero-order valence-electron chi connectivity index (χ0n) is 12.4. The van der Waals surface area contributed by atoms with E-state index in [9.17, 15) is 9.18 Å². The molecule has 1 aromatic carbocycles. The van der Waals surface area contributed by atoms with Crippen LogP contribution in [0.15, 0.2) is 71.6 Å². The average molecular weight is 321 g/mol. The number of hydrogen-bond donors (Lipinski definition) is 1. The third-order valence-corrected chi connectivity index (χ3v) is 3.57. The summed E-state index contributed by atoms with van der Waals surface area (Å²) < 4.78 is 20.3. The van der Waals surface area contributed by atoms with Crippen molar-refractivity contribution in [2.24, 2.45) is 0 Å². The summed E-state index contributed by atoms with van der Waals surface area (Å²) in [5.41, 5.74) is 2.14. The summed E-state index contributed by atoms with van der Waals surface area (Å²) in [6.45, 7) is 0. The first kappa shape index (κ1) is 14.2. The molecule has 0 unspecified atom stereocenters. The lowest BCUT2D eigenvalue weighted by atomic mass is 10.2. The number of carbonyl (C=O) groups excluding carboxylic acids is 1. The molecule has 0 aliphatic carbocycles. The monoisotopic (exact) mass is 321 g/mol. The van der Waals surface area contributed by atoms with Crippen LogP contribution in [0.4, 0.5) is 10.1 Å². The molecule has 3 heterocycles. The molecule has 118 valence electrons. The molecule has 3 aromatic heterocycles. The number of nitrogens with zero attached hydrogens (tertiary/aromatic N) is 2. The van der Waals surface area contributed by atoms with Gasteiger partial charge in [-0.25, -0.2) is 9.37 Å². The number of amides is 1. The van der Waals surface area contributed by atoms with Crippen molar-refractivity contribution in [3.63, 3.8) is 0 Å². The highest BCUT2D eigenvalue weighted by Gasteiger charge is 2.12. The summed E-state index contributed by atoms with van der Waals surface area (Å²) in [6, 6.07) is 13.1. The molecular formula is C18H12FN3O2. The van der Waals surface area contributed by atoms with Crippen LogP contribution in [0.5, 0.6) is 0 Å². The molecule has 0 saturated heterocycles. The Morgan fingerprint density at radius 3 is 2.83 bits per heavy atom. The van der Waals surface area contributed by atoms with Gasteiger partial charge in [-0.3, -0.25) is 4.79 Å². The van der Waals surface area contributed by atoms with Crippen molar-refractivity contribution in [1.82, 2.24) is 9.38 Å². The molecule has 24 heavy (non-hydrogen) atoms. The Kier molecular flexibility index (Phi) is 3.35. The van der Waals surface area contributed by atoms with Crippen molar-refractivity contribution in [2.75, 3.05) is 5.32 Å². The van der Waals surface area contributed by atoms with Crippen LogP contribution in [0.25, 0.3) is 17.0 Å². The SMILES string of the molecule is O=C(Nc1cccc(F)c1)c1cn2cc(-c3ccco3)ccc2n1. The molecule has 0 bridgehead atoms. The highest BCUT2D eigenvalue weighted by atomic mass is 19.1. The van der Waals surface area contributed by atoms with Gasteiger partial charge in [0.05, 0.1) is 6.26 Å². The van der Waals surface area contributed by atoms with E-state index in [0.717, 1.165) is 11.3 Å². The highest BCUT2D eigenvalue weighted by Crippen LogP contribution is 2.21. The van der Waals surface area contributed by atoms with Gasteiger partial charge in [0.1, 0.15) is 22.9 Å². The van der Waals surface area contributed by atoms with Crippen molar-refractivity contribution in [2.45, 2.75) is 0 Å². The number of pyridine rings is 1. The number of hydrogen-bond acceptors (Lipinski definition) is 3. The Hall–Kier alpha value is -3.41. The van der Waals surface area contributed by atoms with Gasteiger partial charge >= 0.3 is 0 Å². The molecular weight excluding hydrogens is 309 g/mol. The molecule has 1 amide bonds. The Bertz CT molecular complexity index is 1020. The number of anilines is 1. The predicted molar refractivity (Wildman–Crippen MR) is 87.2 cm³/mol. The third kappa shape index (κ3) is 2.65. The fraction of sp³-hybridized carbons (Fsp3) is 0. The van der Waals surface area contributed by atoms with Crippen molar-refractivity contribution in [3.05, 3.63) is 78.7 Å². The summed E-state index contributed by atoms with van der Waals surface area (Å²) in [5, 5.41) is 2.63. The van der Waals surface area contributed by atoms with Crippen LogP contribution in [0, 0.1) is 5.82 Å². The number of nitrogens with one attached hydrogen (secondary N) is 1. The summed E-state index contributed by atoms with van der Waals surface area (Å²) in [4.78, 5) is 16.6. The molecule has 4 aromatic rings. The number of rotatable bonds is 3. The first-order valence-electron chi connectivity index (χ1n) is 7.28. The summed E-state index contributed by atoms with van der Waals surface area (Å²) in [7, 11) is 0. The molecule has 5 nitrogen and oxygen atoms in total. The van der Waals surface area contributed by atoms with E-state index in [1.54, 1.807) is 29.0 Å². The van der Waals surface area contributed by atoms with Crippen LogP contribution in [0.2, 0.25) is 0 Å².